The minimum absolute atomic E-state index is 0.131. The van der Waals surface area contributed by atoms with E-state index in [9.17, 15) is 9.59 Å². The van der Waals surface area contributed by atoms with Crippen molar-refractivity contribution in [1.29, 1.82) is 0 Å². The molecular formula is C32H30Cl2N2O5. The maximum Gasteiger partial charge on any atom is 0.262 e. The highest BCUT2D eigenvalue weighted by Gasteiger charge is 2.09. The van der Waals surface area contributed by atoms with Crippen LogP contribution in [-0.4, -0.2) is 25.0 Å². The lowest BCUT2D eigenvalue weighted by Crippen LogP contribution is -2.20. The molecule has 0 atom stereocenters. The SMILES string of the molecule is Cc1cc(OCC(=O)Nc2ccc(Oc3ccc(NC(=O)COc4cc(C)c(Cl)c(C)c4)cc3)cc2)cc(C)c1Cl. The molecule has 0 saturated heterocycles. The Morgan fingerprint density at radius 1 is 0.561 bits per heavy atom. The van der Waals surface area contributed by atoms with Crippen LogP contribution in [0.25, 0.3) is 0 Å². The molecule has 0 saturated carbocycles. The van der Waals surface area contributed by atoms with Crippen LogP contribution in [-0.2, 0) is 9.59 Å². The molecule has 0 aliphatic heterocycles. The fourth-order valence-electron chi connectivity index (χ4n) is 4.02. The summed E-state index contributed by atoms with van der Waals surface area (Å²) in [5, 5.41) is 6.97. The normalized spacial score (nSPS) is 10.6. The van der Waals surface area contributed by atoms with E-state index in [0.29, 0.717) is 44.4 Å². The van der Waals surface area contributed by atoms with Crippen molar-refractivity contribution in [3.8, 4) is 23.0 Å². The van der Waals surface area contributed by atoms with Gasteiger partial charge in [0.2, 0.25) is 0 Å². The average Bonchev–Trinajstić information content (AvgIpc) is 2.94. The monoisotopic (exact) mass is 592 g/mol. The number of anilines is 2. The van der Waals surface area contributed by atoms with Gasteiger partial charge in [0, 0.05) is 21.4 Å². The van der Waals surface area contributed by atoms with Crippen molar-refractivity contribution < 1.29 is 23.8 Å². The first-order chi connectivity index (χ1) is 19.6. The van der Waals surface area contributed by atoms with Crippen LogP contribution in [0.4, 0.5) is 11.4 Å². The maximum atomic E-state index is 12.3. The van der Waals surface area contributed by atoms with Gasteiger partial charge in [-0.15, -0.1) is 0 Å². The van der Waals surface area contributed by atoms with Crippen molar-refractivity contribution in [3.63, 3.8) is 0 Å². The van der Waals surface area contributed by atoms with Gasteiger partial charge in [0.1, 0.15) is 23.0 Å². The van der Waals surface area contributed by atoms with Crippen molar-refractivity contribution in [2.75, 3.05) is 23.8 Å². The number of halogens is 2. The molecule has 4 aromatic carbocycles. The summed E-state index contributed by atoms with van der Waals surface area (Å²) in [7, 11) is 0. The third-order valence-corrected chi connectivity index (χ3v) is 7.26. The highest BCUT2D eigenvalue weighted by Crippen LogP contribution is 2.28. The molecule has 0 aliphatic rings. The quantitative estimate of drug-likeness (QED) is 0.194. The summed E-state index contributed by atoms with van der Waals surface area (Å²) >= 11 is 12.4. The van der Waals surface area contributed by atoms with Gasteiger partial charge in [-0.25, -0.2) is 0 Å². The van der Waals surface area contributed by atoms with Crippen LogP contribution < -0.4 is 24.8 Å². The summed E-state index contributed by atoms with van der Waals surface area (Å²) in [6.07, 6.45) is 0. The Hall–Kier alpha value is -4.20. The summed E-state index contributed by atoms with van der Waals surface area (Å²) in [5.41, 5.74) is 4.78. The number of aryl methyl sites for hydroxylation is 4. The number of rotatable bonds is 10. The number of ether oxygens (including phenoxy) is 3. The van der Waals surface area contributed by atoms with Crippen LogP contribution in [0.1, 0.15) is 22.3 Å². The molecule has 41 heavy (non-hydrogen) atoms. The first kappa shape index (κ1) is 29.8. The summed E-state index contributed by atoms with van der Waals surface area (Å²) in [6, 6.07) is 21.1. The first-order valence-electron chi connectivity index (χ1n) is 12.8. The molecule has 0 fully saturated rings. The maximum absolute atomic E-state index is 12.3. The smallest absolute Gasteiger partial charge is 0.262 e. The van der Waals surface area contributed by atoms with Crippen molar-refractivity contribution in [3.05, 3.63) is 105 Å². The molecule has 0 bridgehead atoms. The fourth-order valence-corrected chi connectivity index (χ4v) is 4.24. The fraction of sp³-hybridized carbons (Fsp3) is 0.188. The molecule has 7 nitrogen and oxygen atoms in total. The highest BCUT2D eigenvalue weighted by atomic mass is 35.5. The number of hydrogen-bond donors (Lipinski definition) is 2. The van der Waals surface area contributed by atoms with E-state index in [2.05, 4.69) is 10.6 Å². The zero-order valence-electron chi connectivity index (χ0n) is 23.1. The third-order valence-electron chi connectivity index (χ3n) is 6.07. The molecule has 4 aromatic rings. The van der Waals surface area contributed by atoms with Gasteiger partial charge >= 0.3 is 0 Å². The van der Waals surface area contributed by atoms with E-state index in [-0.39, 0.29) is 25.0 Å². The van der Waals surface area contributed by atoms with Gasteiger partial charge in [-0.2, -0.15) is 0 Å². The molecule has 2 amide bonds. The van der Waals surface area contributed by atoms with E-state index in [0.717, 1.165) is 22.3 Å². The summed E-state index contributed by atoms with van der Waals surface area (Å²) < 4.78 is 17.1. The van der Waals surface area contributed by atoms with Gasteiger partial charge in [-0.05, 0) is 123 Å². The summed E-state index contributed by atoms with van der Waals surface area (Å²) in [4.78, 5) is 24.6. The number of carbonyl (C=O) groups excluding carboxylic acids is 2. The molecule has 0 unspecified atom stereocenters. The number of hydrogen-bond acceptors (Lipinski definition) is 5. The van der Waals surface area contributed by atoms with E-state index in [1.54, 1.807) is 72.8 Å². The van der Waals surface area contributed by atoms with E-state index in [1.807, 2.05) is 27.7 Å². The Morgan fingerprint density at radius 2 is 0.878 bits per heavy atom. The van der Waals surface area contributed by atoms with Gasteiger partial charge < -0.3 is 24.8 Å². The van der Waals surface area contributed by atoms with Gasteiger partial charge in [-0.1, -0.05) is 23.2 Å². The predicted molar refractivity (Wildman–Crippen MR) is 163 cm³/mol. The second kappa shape index (κ2) is 13.4. The zero-order chi connectivity index (χ0) is 29.5. The minimum atomic E-state index is -0.287. The molecule has 212 valence electrons. The van der Waals surface area contributed by atoms with E-state index in [1.165, 1.54) is 0 Å². The lowest BCUT2D eigenvalue weighted by atomic mass is 10.1. The van der Waals surface area contributed by atoms with Gasteiger partial charge in [-0.3, -0.25) is 9.59 Å². The molecule has 0 aliphatic carbocycles. The van der Waals surface area contributed by atoms with Gasteiger partial charge in [0.05, 0.1) is 0 Å². The van der Waals surface area contributed by atoms with Crippen LogP contribution in [0.3, 0.4) is 0 Å². The molecule has 0 spiro atoms. The lowest BCUT2D eigenvalue weighted by Gasteiger charge is -2.12. The Bertz CT molecular complexity index is 1390. The Balaban J connectivity index is 1.23. The topological polar surface area (TPSA) is 85.9 Å². The molecule has 0 radical (unpaired) electrons. The van der Waals surface area contributed by atoms with Gasteiger partial charge in [0.15, 0.2) is 13.2 Å². The molecular weight excluding hydrogens is 563 g/mol. The molecule has 0 aromatic heterocycles. The number of amides is 2. The van der Waals surface area contributed by atoms with Crippen LogP contribution in [0.5, 0.6) is 23.0 Å². The van der Waals surface area contributed by atoms with Crippen molar-refractivity contribution in [1.82, 2.24) is 0 Å². The standard InChI is InChI=1S/C32H30Cl2N2O5/c1-19-13-27(14-20(2)31(19)33)39-17-29(37)35-23-5-9-25(10-6-23)41-26-11-7-24(8-12-26)36-30(38)18-40-28-15-21(3)32(34)22(4)16-28/h5-16H,17-18H2,1-4H3,(H,35,37)(H,36,38). The van der Waals surface area contributed by atoms with E-state index >= 15 is 0 Å². The number of carbonyl (C=O) groups is 2. The van der Waals surface area contributed by atoms with Gasteiger partial charge in [0.25, 0.3) is 11.8 Å². The molecule has 2 N–H and O–H groups in total. The zero-order valence-corrected chi connectivity index (χ0v) is 24.7. The lowest BCUT2D eigenvalue weighted by molar-refractivity contribution is -0.118. The first-order valence-corrected chi connectivity index (χ1v) is 13.6. The molecule has 0 heterocycles. The van der Waals surface area contributed by atoms with E-state index < -0.39 is 0 Å². The molecule has 4 rings (SSSR count). The molecule has 9 heteroatoms. The number of nitrogens with one attached hydrogen (secondary N) is 2. The van der Waals surface area contributed by atoms with Crippen LogP contribution in [0, 0.1) is 27.7 Å². The van der Waals surface area contributed by atoms with Crippen molar-refractivity contribution in [2.24, 2.45) is 0 Å². The van der Waals surface area contributed by atoms with Crippen LogP contribution >= 0.6 is 23.2 Å². The van der Waals surface area contributed by atoms with Crippen molar-refractivity contribution >= 4 is 46.4 Å². The Labute approximate surface area is 249 Å². The Morgan fingerprint density at radius 3 is 1.20 bits per heavy atom. The predicted octanol–water partition coefficient (Wildman–Crippen LogP) is 8.05. The summed E-state index contributed by atoms with van der Waals surface area (Å²) in [5.74, 6) is 1.78. The minimum Gasteiger partial charge on any atom is -0.484 e. The van der Waals surface area contributed by atoms with Crippen LogP contribution in [0.15, 0.2) is 72.8 Å². The average molecular weight is 594 g/mol. The van der Waals surface area contributed by atoms with Crippen molar-refractivity contribution in [2.45, 2.75) is 27.7 Å². The third kappa shape index (κ3) is 8.39. The second-order valence-electron chi connectivity index (χ2n) is 9.57. The largest absolute Gasteiger partial charge is 0.484 e. The number of benzene rings is 4. The van der Waals surface area contributed by atoms with Crippen LogP contribution in [0.2, 0.25) is 10.0 Å². The second-order valence-corrected chi connectivity index (χ2v) is 10.3. The highest BCUT2D eigenvalue weighted by molar-refractivity contribution is 6.32. The Kier molecular flexibility index (Phi) is 9.76. The summed E-state index contributed by atoms with van der Waals surface area (Å²) in [6.45, 7) is 7.30. The van der Waals surface area contributed by atoms with E-state index in [4.69, 9.17) is 37.4 Å².